The van der Waals surface area contributed by atoms with Crippen LogP contribution in [0.1, 0.15) is 22.3 Å². The second kappa shape index (κ2) is 7.31. The molecule has 0 bridgehead atoms. The van der Waals surface area contributed by atoms with Gasteiger partial charge >= 0.3 is 5.97 Å². The summed E-state index contributed by atoms with van der Waals surface area (Å²) in [7, 11) is 0. The van der Waals surface area contributed by atoms with E-state index in [1.54, 1.807) is 0 Å². The lowest BCUT2D eigenvalue weighted by Gasteiger charge is -2.20. The Labute approximate surface area is 184 Å². The van der Waals surface area contributed by atoms with E-state index in [0.29, 0.717) is 22.0 Å². The lowest BCUT2D eigenvalue weighted by Crippen LogP contribution is -2.12. The number of hydrogen-bond donors (Lipinski definition) is 2. The fraction of sp³-hybridized carbons (Fsp3) is 0.148. The molecule has 0 fully saturated rings. The van der Waals surface area contributed by atoms with Crippen LogP contribution >= 0.6 is 0 Å². The van der Waals surface area contributed by atoms with Crippen molar-refractivity contribution in [3.63, 3.8) is 0 Å². The summed E-state index contributed by atoms with van der Waals surface area (Å²) in [6.45, 7) is 5.88. The molecule has 0 spiro atoms. The number of hydrogen-bond acceptors (Lipinski definition) is 3. The number of H-pyrrole nitrogens is 1. The quantitative estimate of drug-likeness (QED) is 0.299. The highest BCUT2D eigenvalue weighted by atomic mass is 16.4. The fourth-order valence-corrected chi connectivity index (χ4v) is 4.66. The Kier molecular flexibility index (Phi) is 4.55. The maximum atomic E-state index is 13.0. The Morgan fingerprint density at radius 2 is 1.72 bits per heavy atom. The van der Waals surface area contributed by atoms with Crippen molar-refractivity contribution in [2.45, 2.75) is 27.2 Å². The predicted octanol–water partition coefficient (Wildman–Crippen LogP) is 5.45. The van der Waals surface area contributed by atoms with Crippen LogP contribution in [0.3, 0.4) is 0 Å². The SMILES string of the molecule is Cc1ccc(-c2c(CC(=O)O)c(C)c3[nH]c(=O)c4cc5ccccc5nc4c3c2C)cc1. The Morgan fingerprint density at radius 3 is 2.44 bits per heavy atom. The van der Waals surface area contributed by atoms with Gasteiger partial charge in [-0.1, -0.05) is 48.0 Å². The molecule has 0 atom stereocenters. The van der Waals surface area contributed by atoms with E-state index in [0.717, 1.165) is 44.1 Å². The zero-order chi connectivity index (χ0) is 22.6. The van der Waals surface area contributed by atoms with E-state index in [1.165, 1.54) is 0 Å². The number of pyridine rings is 2. The molecular weight excluding hydrogens is 400 g/mol. The maximum Gasteiger partial charge on any atom is 0.307 e. The van der Waals surface area contributed by atoms with Gasteiger partial charge in [0.25, 0.3) is 5.56 Å². The van der Waals surface area contributed by atoms with Crippen LogP contribution in [-0.4, -0.2) is 21.0 Å². The summed E-state index contributed by atoms with van der Waals surface area (Å²) in [5, 5.41) is 11.9. The van der Waals surface area contributed by atoms with Gasteiger partial charge in [-0.05, 0) is 60.7 Å². The van der Waals surface area contributed by atoms with E-state index < -0.39 is 5.97 Å². The smallest absolute Gasteiger partial charge is 0.307 e. The molecule has 158 valence electrons. The summed E-state index contributed by atoms with van der Waals surface area (Å²) in [5.74, 6) is -0.910. The van der Waals surface area contributed by atoms with Crippen LogP contribution in [-0.2, 0) is 11.2 Å². The minimum atomic E-state index is -0.910. The number of aliphatic carboxylic acids is 1. The molecule has 5 rings (SSSR count). The van der Waals surface area contributed by atoms with Crippen LogP contribution in [0.2, 0.25) is 0 Å². The van der Waals surface area contributed by atoms with Crippen molar-refractivity contribution >= 4 is 38.7 Å². The van der Waals surface area contributed by atoms with Crippen molar-refractivity contribution in [2.24, 2.45) is 0 Å². The van der Waals surface area contributed by atoms with Gasteiger partial charge < -0.3 is 10.1 Å². The number of carboxylic acid groups (broad SMARTS) is 1. The number of carboxylic acids is 1. The molecule has 0 amide bonds. The summed E-state index contributed by atoms with van der Waals surface area (Å²) >= 11 is 0. The lowest BCUT2D eigenvalue weighted by atomic mass is 9.86. The summed E-state index contributed by atoms with van der Waals surface area (Å²) in [6.07, 6.45) is -0.128. The zero-order valence-electron chi connectivity index (χ0n) is 18.1. The van der Waals surface area contributed by atoms with E-state index in [-0.39, 0.29) is 12.0 Å². The molecule has 0 aliphatic heterocycles. The van der Waals surface area contributed by atoms with Crippen LogP contribution in [0.4, 0.5) is 0 Å². The largest absolute Gasteiger partial charge is 0.481 e. The minimum absolute atomic E-state index is 0.128. The summed E-state index contributed by atoms with van der Waals surface area (Å²) in [6, 6.07) is 17.7. The average molecular weight is 422 g/mol. The molecule has 0 radical (unpaired) electrons. The summed E-state index contributed by atoms with van der Waals surface area (Å²) in [4.78, 5) is 32.7. The molecule has 2 aromatic heterocycles. The molecule has 0 saturated carbocycles. The van der Waals surface area contributed by atoms with E-state index in [1.807, 2.05) is 75.4 Å². The predicted molar refractivity (Wildman–Crippen MR) is 128 cm³/mol. The molecular formula is C27H22N2O3. The summed E-state index contributed by atoms with van der Waals surface area (Å²) < 4.78 is 0. The van der Waals surface area contributed by atoms with Gasteiger partial charge in [0.1, 0.15) is 0 Å². The second-order valence-corrected chi connectivity index (χ2v) is 8.32. The van der Waals surface area contributed by atoms with E-state index in [9.17, 15) is 14.7 Å². The van der Waals surface area contributed by atoms with E-state index >= 15 is 0 Å². The van der Waals surface area contributed by atoms with Crippen LogP contribution in [0, 0.1) is 20.8 Å². The van der Waals surface area contributed by atoms with Crippen molar-refractivity contribution in [1.82, 2.24) is 9.97 Å². The topological polar surface area (TPSA) is 83.0 Å². The first kappa shape index (κ1) is 19.9. The zero-order valence-corrected chi connectivity index (χ0v) is 18.1. The number of nitrogens with zero attached hydrogens (tertiary/aromatic N) is 1. The van der Waals surface area contributed by atoms with E-state index in [4.69, 9.17) is 4.98 Å². The van der Waals surface area contributed by atoms with Crippen LogP contribution in [0.5, 0.6) is 0 Å². The van der Waals surface area contributed by atoms with Gasteiger partial charge in [-0.2, -0.15) is 0 Å². The normalized spacial score (nSPS) is 11.5. The monoisotopic (exact) mass is 422 g/mol. The molecule has 2 heterocycles. The highest BCUT2D eigenvalue weighted by Crippen LogP contribution is 2.38. The molecule has 3 aromatic carbocycles. The highest BCUT2D eigenvalue weighted by molar-refractivity contribution is 6.11. The number of benzene rings is 3. The molecule has 0 aliphatic carbocycles. The standard InChI is InChI=1S/C27H22N2O3/c1-14-8-10-17(11-9-14)23-16(3)24-25(15(2)19(23)13-22(30)31)29-27(32)20-12-18-6-4-5-7-21(18)28-26(20)24/h4-12H,13H2,1-3H3,(H,29,32)(H,30,31). The van der Waals surface area contributed by atoms with Crippen molar-refractivity contribution in [3.8, 4) is 11.1 Å². The number of fused-ring (bicyclic) bond motifs is 4. The van der Waals surface area contributed by atoms with Crippen LogP contribution in [0.25, 0.3) is 43.8 Å². The summed E-state index contributed by atoms with van der Waals surface area (Å²) in [5.41, 5.74) is 7.23. The van der Waals surface area contributed by atoms with Crippen molar-refractivity contribution < 1.29 is 9.90 Å². The van der Waals surface area contributed by atoms with Gasteiger partial charge in [-0.3, -0.25) is 9.59 Å². The number of aryl methyl sites for hydroxylation is 3. The molecule has 0 saturated heterocycles. The van der Waals surface area contributed by atoms with Gasteiger partial charge in [0, 0.05) is 10.8 Å². The fourth-order valence-electron chi connectivity index (χ4n) is 4.66. The first-order valence-corrected chi connectivity index (χ1v) is 10.5. The van der Waals surface area contributed by atoms with Gasteiger partial charge in [-0.25, -0.2) is 4.98 Å². The Balaban J connectivity index is 2.00. The van der Waals surface area contributed by atoms with Gasteiger partial charge in [0.2, 0.25) is 0 Å². The minimum Gasteiger partial charge on any atom is -0.481 e. The third-order valence-electron chi connectivity index (χ3n) is 6.24. The van der Waals surface area contributed by atoms with Crippen molar-refractivity contribution in [1.29, 1.82) is 0 Å². The second-order valence-electron chi connectivity index (χ2n) is 8.32. The molecule has 32 heavy (non-hydrogen) atoms. The molecule has 5 aromatic rings. The first-order valence-electron chi connectivity index (χ1n) is 10.5. The van der Waals surface area contributed by atoms with Gasteiger partial charge in [0.05, 0.1) is 28.4 Å². The van der Waals surface area contributed by atoms with Crippen LogP contribution < -0.4 is 5.56 Å². The van der Waals surface area contributed by atoms with Gasteiger partial charge in [0.15, 0.2) is 0 Å². The average Bonchev–Trinajstić information content (AvgIpc) is 2.77. The maximum absolute atomic E-state index is 13.0. The molecule has 2 N–H and O–H groups in total. The van der Waals surface area contributed by atoms with Crippen LogP contribution in [0.15, 0.2) is 59.4 Å². The Hall–Kier alpha value is -3.99. The first-order chi connectivity index (χ1) is 15.3. The Morgan fingerprint density at radius 1 is 1.00 bits per heavy atom. The lowest BCUT2D eigenvalue weighted by molar-refractivity contribution is -0.136. The molecule has 5 nitrogen and oxygen atoms in total. The Bertz CT molecular complexity index is 1610. The number of aromatic nitrogens is 2. The highest BCUT2D eigenvalue weighted by Gasteiger charge is 2.21. The molecule has 0 unspecified atom stereocenters. The third kappa shape index (κ3) is 3.05. The number of aromatic amines is 1. The number of nitrogens with one attached hydrogen (secondary N) is 1. The third-order valence-corrected chi connectivity index (χ3v) is 6.24. The number of carbonyl (C=O) groups is 1. The van der Waals surface area contributed by atoms with Crippen molar-refractivity contribution in [3.05, 3.63) is 87.2 Å². The van der Waals surface area contributed by atoms with Gasteiger partial charge in [-0.15, -0.1) is 0 Å². The number of para-hydroxylation sites is 1. The molecule has 0 aliphatic rings. The number of rotatable bonds is 3. The molecule has 5 heteroatoms. The van der Waals surface area contributed by atoms with E-state index in [2.05, 4.69) is 4.98 Å². The van der Waals surface area contributed by atoms with Crippen molar-refractivity contribution in [2.75, 3.05) is 0 Å².